The van der Waals surface area contributed by atoms with Crippen LogP contribution in [0.1, 0.15) is 23.2 Å². The molecule has 0 amide bonds. The van der Waals surface area contributed by atoms with Gasteiger partial charge in [-0.2, -0.15) is 0 Å². The zero-order valence-electron chi connectivity index (χ0n) is 8.68. The van der Waals surface area contributed by atoms with Gasteiger partial charge in [0.05, 0.1) is 6.61 Å². The van der Waals surface area contributed by atoms with E-state index in [2.05, 4.69) is 0 Å². The topological polar surface area (TPSA) is 63.6 Å². The molecule has 84 valence electrons. The molecule has 1 aliphatic rings. The summed E-state index contributed by atoms with van der Waals surface area (Å²) in [5.74, 6) is -0.991. The molecule has 0 radical (unpaired) electrons. The minimum atomic E-state index is -1.44. The average Bonchev–Trinajstić information content (AvgIpc) is 3.10. The van der Waals surface area contributed by atoms with Crippen molar-refractivity contribution in [1.29, 1.82) is 0 Å². The molecule has 1 aromatic rings. The van der Waals surface area contributed by atoms with Gasteiger partial charge >= 0.3 is 5.97 Å². The van der Waals surface area contributed by atoms with Crippen LogP contribution in [0.2, 0.25) is 0 Å². The minimum Gasteiger partial charge on any atom is -0.493 e. The molecule has 2 rings (SSSR count). The molecule has 0 heterocycles. The van der Waals surface area contributed by atoms with Crippen molar-refractivity contribution in [2.75, 3.05) is 6.61 Å². The molecule has 0 atom stereocenters. The monoisotopic (exact) mass is 220 g/mol. The highest BCUT2D eigenvalue weighted by atomic mass is 16.5. The zero-order chi connectivity index (χ0) is 11.5. The van der Waals surface area contributed by atoms with Crippen LogP contribution in [0.3, 0.4) is 0 Å². The number of carboxylic acid groups (broad SMARTS) is 1. The van der Waals surface area contributed by atoms with Crippen LogP contribution >= 0.6 is 0 Å². The Hall–Kier alpha value is -1.84. The summed E-state index contributed by atoms with van der Waals surface area (Å²) in [6.07, 6.45) is 2.44. The molecule has 1 aliphatic carbocycles. The van der Waals surface area contributed by atoms with Crippen LogP contribution in [0.15, 0.2) is 24.3 Å². The van der Waals surface area contributed by atoms with Gasteiger partial charge in [-0.15, -0.1) is 0 Å². The highest BCUT2D eigenvalue weighted by molar-refractivity contribution is 6.39. The predicted octanol–water partition coefficient (Wildman–Crippen LogP) is 1.74. The van der Waals surface area contributed by atoms with Crippen molar-refractivity contribution in [3.63, 3.8) is 0 Å². The summed E-state index contributed by atoms with van der Waals surface area (Å²) in [5.41, 5.74) is 0.172. The number of carboxylic acids is 1. The van der Waals surface area contributed by atoms with Gasteiger partial charge in [0.2, 0.25) is 0 Å². The van der Waals surface area contributed by atoms with E-state index in [1.807, 2.05) is 0 Å². The van der Waals surface area contributed by atoms with Gasteiger partial charge in [-0.3, -0.25) is 4.79 Å². The molecule has 4 nitrogen and oxygen atoms in total. The first-order valence-corrected chi connectivity index (χ1v) is 5.17. The number of ether oxygens (including phenoxy) is 1. The molecule has 4 heteroatoms. The number of ketones is 1. The molecule has 0 unspecified atom stereocenters. The Kier molecular flexibility index (Phi) is 2.90. The van der Waals surface area contributed by atoms with Crippen molar-refractivity contribution in [3.8, 4) is 5.75 Å². The maximum Gasteiger partial charge on any atom is 0.377 e. The van der Waals surface area contributed by atoms with E-state index in [4.69, 9.17) is 9.84 Å². The van der Waals surface area contributed by atoms with Crippen LogP contribution in [0.5, 0.6) is 5.75 Å². The fourth-order valence-corrected chi connectivity index (χ4v) is 1.32. The zero-order valence-corrected chi connectivity index (χ0v) is 8.68. The van der Waals surface area contributed by atoms with Gasteiger partial charge in [0.1, 0.15) is 5.75 Å². The van der Waals surface area contributed by atoms with Crippen molar-refractivity contribution in [2.45, 2.75) is 12.8 Å². The lowest BCUT2D eigenvalue weighted by Crippen LogP contribution is -2.12. The molecule has 0 saturated heterocycles. The van der Waals surface area contributed by atoms with E-state index in [9.17, 15) is 9.59 Å². The van der Waals surface area contributed by atoms with Crippen LogP contribution < -0.4 is 4.74 Å². The van der Waals surface area contributed by atoms with Gasteiger partial charge < -0.3 is 9.84 Å². The first kappa shape index (κ1) is 10.7. The van der Waals surface area contributed by atoms with Crippen LogP contribution in [0, 0.1) is 5.92 Å². The Bertz CT molecular complexity index is 404. The minimum absolute atomic E-state index is 0.172. The highest BCUT2D eigenvalue weighted by Gasteiger charge is 2.22. The summed E-state index contributed by atoms with van der Waals surface area (Å²) in [5, 5.41) is 8.51. The molecule has 0 aromatic heterocycles. The van der Waals surface area contributed by atoms with Crippen LogP contribution in [0.4, 0.5) is 0 Å². The number of Topliss-reactive ketones (excluding diaryl/α,β-unsaturated/α-hetero) is 1. The molecule has 16 heavy (non-hydrogen) atoms. The van der Waals surface area contributed by atoms with Crippen molar-refractivity contribution in [3.05, 3.63) is 29.8 Å². The summed E-state index contributed by atoms with van der Waals surface area (Å²) in [7, 11) is 0. The van der Waals surface area contributed by atoms with Crippen LogP contribution in [-0.2, 0) is 4.79 Å². The third-order valence-corrected chi connectivity index (χ3v) is 2.49. The number of carbonyl (C=O) groups is 2. The summed E-state index contributed by atoms with van der Waals surface area (Å²) >= 11 is 0. The maximum atomic E-state index is 11.1. The van der Waals surface area contributed by atoms with Crippen molar-refractivity contribution in [1.82, 2.24) is 0 Å². The quantitative estimate of drug-likeness (QED) is 0.606. The number of hydrogen-bond acceptors (Lipinski definition) is 3. The Labute approximate surface area is 92.8 Å². The normalized spacial score (nSPS) is 14.5. The fraction of sp³-hybridized carbons (Fsp3) is 0.333. The lowest BCUT2D eigenvalue weighted by atomic mass is 10.1. The molecule has 0 spiro atoms. The Morgan fingerprint density at radius 1 is 1.25 bits per heavy atom. The molecule has 0 aliphatic heterocycles. The van der Waals surface area contributed by atoms with E-state index in [-0.39, 0.29) is 5.56 Å². The summed E-state index contributed by atoms with van der Waals surface area (Å²) in [6, 6.07) is 6.19. The number of benzene rings is 1. The van der Waals surface area contributed by atoms with Crippen molar-refractivity contribution < 1.29 is 19.4 Å². The lowest BCUT2D eigenvalue weighted by Gasteiger charge is -2.04. The number of aliphatic carboxylic acids is 1. The summed E-state index contributed by atoms with van der Waals surface area (Å²) in [6.45, 7) is 0.701. The molecule has 0 bridgehead atoms. The highest BCUT2D eigenvalue weighted by Crippen LogP contribution is 2.29. The molecular weight excluding hydrogens is 208 g/mol. The second kappa shape index (κ2) is 4.35. The third kappa shape index (κ3) is 2.59. The predicted molar refractivity (Wildman–Crippen MR) is 56.6 cm³/mol. The van der Waals surface area contributed by atoms with E-state index >= 15 is 0 Å². The second-order valence-corrected chi connectivity index (χ2v) is 3.91. The SMILES string of the molecule is O=C(O)C(=O)c1ccc(OCC2CC2)cc1. The number of hydrogen-bond donors (Lipinski definition) is 1. The standard InChI is InChI=1S/C12H12O4/c13-11(12(14)15)9-3-5-10(6-4-9)16-7-8-1-2-8/h3-6,8H,1-2,7H2,(H,14,15). The first-order valence-electron chi connectivity index (χ1n) is 5.17. The van der Waals surface area contributed by atoms with E-state index in [0.29, 0.717) is 18.3 Å². The summed E-state index contributed by atoms with van der Waals surface area (Å²) < 4.78 is 5.47. The van der Waals surface area contributed by atoms with Crippen LogP contribution in [-0.4, -0.2) is 23.5 Å². The lowest BCUT2D eigenvalue weighted by molar-refractivity contribution is -0.131. The van der Waals surface area contributed by atoms with Gasteiger partial charge in [0.25, 0.3) is 5.78 Å². The molecule has 1 saturated carbocycles. The van der Waals surface area contributed by atoms with Crippen molar-refractivity contribution in [2.24, 2.45) is 5.92 Å². The van der Waals surface area contributed by atoms with Gasteiger partial charge in [-0.1, -0.05) is 0 Å². The summed E-state index contributed by atoms with van der Waals surface area (Å²) in [4.78, 5) is 21.5. The van der Waals surface area contributed by atoms with E-state index in [1.54, 1.807) is 12.1 Å². The third-order valence-electron chi connectivity index (χ3n) is 2.49. The molecule has 1 aromatic carbocycles. The van der Waals surface area contributed by atoms with Gasteiger partial charge in [-0.25, -0.2) is 4.79 Å². The average molecular weight is 220 g/mol. The smallest absolute Gasteiger partial charge is 0.377 e. The Morgan fingerprint density at radius 2 is 1.88 bits per heavy atom. The Morgan fingerprint density at radius 3 is 2.38 bits per heavy atom. The fourth-order valence-electron chi connectivity index (χ4n) is 1.32. The van der Waals surface area contributed by atoms with Crippen molar-refractivity contribution >= 4 is 11.8 Å². The van der Waals surface area contributed by atoms with Gasteiger partial charge in [0.15, 0.2) is 0 Å². The van der Waals surface area contributed by atoms with E-state index in [1.165, 1.54) is 25.0 Å². The second-order valence-electron chi connectivity index (χ2n) is 3.91. The molecule has 1 N–H and O–H groups in total. The van der Waals surface area contributed by atoms with E-state index in [0.717, 1.165) is 0 Å². The first-order chi connectivity index (χ1) is 7.66. The molecule has 1 fully saturated rings. The van der Waals surface area contributed by atoms with Crippen LogP contribution in [0.25, 0.3) is 0 Å². The maximum absolute atomic E-state index is 11.1. The van der Waals surface area contributed by atoms with E-state index < -0.39 is 11.8 Å². The largest absolute Gasteiger partial charge is 0.493 e. The number of rotatable bonds is 5. The Balaban J connectivity index is 1.97. The number of carbonyl (C=O) groups excluding carboxylic acids is 1. The van der Waals surface area contributed by atoms with Gasteiger partial charge in [0, 0.05) is 5.56 Å². The molecular formula is C12H12O4. The van der Waals surface area contributed by atoms with Gasteiger partial charge in [-0.05, 0) is 43.0 Å².